The second-order valence-electron chi connectivity index (χ2n) is 6.28. The summed E-state index contributed by atoms with van der Waals surface area (Å²) in [5.74, 6) is 0.162. The fraction of sp³-hybridized carbons (Fsp3) is 0.250. The van der Waals surface area contributed by atoms with E-state index < -0.39 is 0 Å². The first kappa shape index (κ1) is 17.7. The summed E-state index contributed by atoms with van der Waals surface area (Å²) in [6.07, 6.45) is 3.55. The van der Waals surface area contributed by atoms with Crippen molar-refractivity contribution in [3.8, 4) is 5.75 Å². The lowest BCUT2D eigenvalue weighted by atomic mass is 10.2. The first-order valence-electron chi connectivity index (χ1n) is 8.76. The minimum absolute atomic E-state index is 0.0792. The molecular formula is C20H18ClN3O3. The summed E-state index contributed by atoms with van der Waals surface area (Å²) in [7, 11) is 0. The van der Waals surface area contributed by atoms with Crippen molar-refractivity contribution >= 4 is 34.2 Å². The number of ether oxygens (including phenoxy) is 2. The Hall–Kier alpha value is -2.70. The van der Waals surface area contributed by atoms with Crippen molar-refractivity contribution in [3.05, 3.63) is 59.4 Å². The maximum Gasteiger partial charge on any atom is 0.275 e. The topological polar surface area (TPSA) is 73.3 Å². The number of hydrogen-bond acceptors (Lipinski definition) is 5. The lowest BCUT2D eigenvalue weighted by Crippen LogP contribution is -2.18. The predicted molar refractivity (Wildman–Crippen MR) is 103 cm³/mol. The van der Waals surface area contributed by atoms with Crippen molar-refractivity contribution in [2.24, 2.45) is 0 Å². The summed E-state index contributed by atoms with van der Waals surface area (Å²) in [5.41, 5.74) is 2.10. The van der Waals surface area contributed by atoms with Gasteiger partial charge in [-0.1, -0.05) is 23.7 Å². The van der Waals surface area contributed by atoms with Gasteiger partial charge in [-0.2, -0.15) is 0 Å². The third-order valence-electron chi connectivity index (χ3n) is 4.32. The third-order valence-corrected chi connectivity index (χ3v) is 4.55. The molecule has 0 unspecified atom stereocenters. The van der Waals surface area contributed by atoms with Crippen LogP contribution in [0.15, 0.2) is 48.7 Å². The molecule has 7 heteroatoms. The monoisotopic (exact) mass is 383 g/mol. The molecule has 1 fully saturated rings. The van der Waals surface area contributed by atoms with E-state index in [9.17, 15) is 4.79 Å². The molecule has 2 aromatic carbocycles. The highest BCUT2D eigenvalue weighted by Crippen LogP contribution is 2.29. The number of amides is 1. The smallest absolute Gasteiger partial charge is 0.275 e. The molecule has 0 saturated carbocycles. The van der Waals surface area contributed by atoms with Crippen LogP contribution in [0.2, 0.25) is 5.02 Å². The summed E-state index contributed by atoms with van der Waals surface area (Å²) in [6, 6.07) is 12.5. The first-order chi connectivity index (χ1) is 13.2. The van der Waals surface area contributed by atoms with Crippen molar-refractivity contribution in [3.63, 3.8) is 0 Å². The molecule has 1 N–H and O–H groups in total. The molecule has 1 aliphatic heterocycles. The Morgan fingerprint density at radius 1 is 1.26 bits per heavy atom. The van der Waals surface area contributed by atoms with E-state index >= 15 is 0 Å². The van der Waals surface area contributed by atoms with Crippen molar-refractivity contribution in [1.29, 1.82) is 0 Å². The zero-order chi connectivity index (χ0) is 18.6. The van der Waals surface area contributed by atoms with Gasteiger partial charge in [-0.25, -0.2) is 4.98 Å². The molecule has 0 bridgehead atoms. The Labute approximate surface area is 161 Å². The number of halogens is 1. The van der Waals surface area contributed by atoms with Crippen molar-refractivity contribution < 1.29 is 14.3 Å². The van der Waals surface area contributed by atoms with Crippen LogP contribution in [0.3, 0.4) is 0 Å². The van der Waals surface area contributed by atoms with Gasteiger partial charge in [0, 0.05) is 11.6 Å². The van der Waals surface area contributed by atoms with Gasteiger partial charge in [0.05, 0.1) is 29.0 Å². The number of benzene rings is 2. The number of nitrogens with one attached hydrogen (secondary N) is 1. The van der Waals surface area contributed by atoms with Crippen LogP contribution in [0.5, 0.6) is 5.75 Å². The predicted octanol–water partition coefficient (Wildman–Crippen LogP) is 4.09. The van der Waals surface area contributed by atoms with Crippen LogP contribution in [0, 0.1) is 0 Å². The Morgan fingerprint density at radius 2 is 2.11 bits per heavy atom. The number of fused-ring (bicyclic) bond motifs is 1. The highest BCUT2D eigenvalue weighted by atomic mass is 35.5. The number of nitrogens with zero attached hydrogens (tertiary/aromatic N) is 2. The molecule has 2 heterocycles. The van der Waals surface area contributed by atoms with Gasteiger partial charge in [0.1, 0.15) is 18.1 Å². The van der Waals surface area contributed by atoms with Gasteiger partial charge >= 0.3 is 0 Å². The van der Waals surface area contributed by atoms with Gasteiger partial charge in [0.15, 0.2) is 0 Å². The van der Waals surface area contributed by atoms with Crippen LogP contribution < -0.4 is 10.1 Å². The normalized spacial score (nSPS) is 16.4. The average molecular weight is 384 g/mol. The first-order valence-corrected chi connectivity index (χ1v) is 9.14. The molecule has 1 aliphatic rings. The summed E-state index contributed by atoms with van der Waals surface area (Å²) in [4.78, 5) is 21.3. The lowest BCUT2D eigenvalue weighted by Gasteiger charge is -2.15. The molecule has 3 aromatic rings. The Kier molecular flexibility index (Phi) is 5.18. The lowest BCUT2D eigenvalue weighted by molar-refractivity contribution is 0.0682. The molecule has 1 amide bonds. The number of aromatic nitrogens is 2. The molecular weight excluding hydrogens is 366 g/mol. The maximum atomic E-state index is 12.6. The largest absolute Gasteiger partial charge is 0.489 e. The van der Waals surface area contributed by atoms with E-state index in [0.717, 1.165) is 25.0 Å². The van der Waals surface area contributed by atoms with Crippen LogP contribution in [0.25, 0.3) is 11.0 Å². The summed E-state index contributed by atoms with van der Waals surface area (Å²) in [5, 5.41) is 3.32. The number of anilines is 1. The number of rotatable bonds is 5. The minimum Gasteiger partial charge on any atom is -0.489 e. The number of hydrogen-bond donors (Lipinski definition) is 1. The van der Waals surface area contributed by atoms with Crippen LogP contribution in [-0.2, 0) is 4.74 Å². The van der Waals surface area contributed by atoms with Gasteiger partial charge in [0.2, 0.25) is 0 Å². The van der Waals surface area contributed by atoms with Crippen LogP contribution >= 0.6 is 11.6 Å². The Bertz CT molecular complexity index is 974. The Morgan fingerprint density at radius 3 is 2.93 bits per heavy atom. The SMILES string of the molecule is O=C(Nc1cc(Cl)ccc1OC[C@H]1CCCO1)c1cnc2ccccc2n1. The molecule has 4 rings (SSSR count). The van der Waals surface area contributed by atoms with E-state index in [1.54, 1.807) is 18.2 Å². The number of carbonyl (C=O) groups excluding carboxylic acids is 1. The quantitative estimate of drug-likeness (QED) is 0.718. The van der Waals surface area contributed by atoms with E-state index in [1.807, 2.05) is 24.3 Å². The zero-order valence-electron chi connectivity index (χ0n) is 14.5. The van der Waals surface area contributed by atoms with Gasteiger partial charge in [-0.3, -0.25) is 9.78 Å². The molecule has 27 heavy (non-hydrogen) atoms. The highest BCUT2D eigenvalue weighted by molar-refractivity contribution is 6.31. The molecule has 1 saturated heterocycles. The zero-order valence-corrected chi connectivity index (χ0v) is 15.3. The number of carbonyl (C=O) groups is 1. The molecule has 0 spiro atoms. The van der Waals surface area contributed by atoms with Crippen LogP contribution in [-0.4, -0.2) is 35.2 Å². The van der Waals surface area contributed by atoms with Gasteiger partial charge in [-0.05, 0) is 43.2 Å². The third kappa shape index (κ3) is 4.18. The van der Waals surface area contributed by atoms with Crippen molar-refractivity contribution in [2.45, 2.75) is 18.9 Å². The van der Waals surface area contributed by atoms with Gasteiger partial charge in [-0.15, -0.1) is 0 Å². The van der Waals surface area contributed by atoms with E-state index in [1.165, 1.54) is 6.20 Å². The van der Waals surface area contributed by atoms with E-state index in [0.29, 0.717) is 28.6 Å². The van der Waals surface area contributed by atoms with Crippen LogP contribution in [0.1, 0.15) is 23.3 Å². The molecule has 138 valence electrons. The molecule has 6 nitrogen and oxygen atoms in total. The molecule has 0 aliphatic carbocycles. The summed E-state index contributed by atoms with van der Waals surface area (Å²) < 4.78 is 11.4. The maximum absolute atomic E-state index is 12.6. The van der Waals surface area contributed by atoms with E-state index in [2.05, 4.69) is 15.3 Å². The Balaban J connectivity index is 1.52. The minimum atomic E-state index is -0.377. The van der Waals surface area contributed by atoms with E-state index in [-0.39, 0.29) is 17.7 Å². The van der Waals surface area contributed by atoms with Crippen molar-refractivity contribution in [2.75, 3.05) is 18.5 Å². The second-order valence-corrected chi connectivity index (χ2v) is 6.72. The average Bonchev–Trinajstić information content (AvgIpc) is 3.20. The fourth-order valence-corrected chi connectivity index (χ4v) is 3.11. The number of para-hydroxylation sites is 2. The van der Waals surface area contributed by atoms with E-state index in [4.69, 9.17) is 21.1 Å². The summed E-state index contributed by atoms with van der Waals surface area (Å²) >= 11 is 6.09. The molecule has 0 radical (unpaired) electrons. The standard InChI is InChI=1S/C20H18ClN3O3/c21-13-7-8-19(27-12-14-4-3-9-26-14)17(10-13)24-20(25)18-11-22-15-5-1-2-6-16(15)23-18/h1-2,5-8,10-11,14H,3-4,9,12H2,(H,24,25)/t14-/m1/s1. The second kappa shape index (κ2) is 7.90. The molecule has 1 aromatic heterocycles. The summed E-state index contributed by atoms with van der Waals surface area (Å²) in [6.45, 7) is 1.19. The van der Waals surface area contributed by atoms with Gasteiger partial charge < -0.3 is 14.8 Å². The van der Waals surface area contributed by atoms with Crippen LogP contribution in [0.4, 0.5) is 5.69 Å². The highest BCUT2D eigenvalue weighted by Gasteiger charge is 2.18. The molecule has 1 atom stereocenters. The van der Waals surface area contributed by atoms with Gasteiger partial charge in [0.25, 0.3) is 5.91 Å². The van der Waals surface area contributed by atoms with Crippen molar-refractivity contribution in [1.82, 2.24) is 9.97 Å². The fourth-order valence-electron chi connectivity index (χ4n) is 2.94.